The highest BCUT2D eigenvalue weighted by atomic mass is 32.2. The lowest BCUT2D eigenvalue weighted by Gasteiger charge is -2.07. The molecule has 0 atom stereocenters. The predicted octanol–water partition coefficient (Wildman–Crippen LogP) is 0.424. The molecule has 98 valence electrons. The average Bonchev–Trinajstić information content (AvgIpc) is 2.58. The van der Waals surface area contributed by atoms with Gasteiger partial charge in [0.15, 0.2) is 10.8 Å². The molecule has 1 heterocycles. The number of hydrogen-bond acceptors (Lipinski definition) is 5. The SMILES string of the molecule is CSCCCCNS(=O)(=O)c1c(N)ncn1C. The number of aryl methyl sites for hydroxylation is 1. The van der Waals surface area contributed by atoms with Crippen LogP contribution in [0.3, 0.4) is 0 Å². The van der Waals surface area contributed by atoms with Gasteiger partial charge in [-0.05, 0) is 24.9 Å². The molecule has 1 aromatic heterocycles. The molecule has 0 aliphatic heterocycles. The second kappa shape index (κ2) is 6.27. The molecule has 0 bridgehead atoms. The maximum absolute atomic E-state index is 11.9. The third kappa shape index (κ3) is 3.90. The van der Waals surface area contributed by atoms with Crippen LogP contribution in [0, 0.1) is 0 Å². The molecule has 0 aromatic carbocycles. The van der Waals surface area contributed by atoms with Crippen molar-refractivity contribution < 1.29 is 8.42 Å². The van der Waals surface area contributed by atoms with Gasteiger partial charge in [0.25, 0.3) is 10.0 Å². The summed E-state index contributed by atoms with van der Waals surface area (Å²) in [4.78, 5) is 3.76. The number of imidazole rings is 1. The van der Waals surface area contributed by atoms with Crippen molar-refractivity contribution >= 4 is 27.6 Å². The summed E-state index contributed by atoms with van der Waals surface area (Å²) in [6.45, 7) is 0.424. The Labute approximate surface area is 106 Å². The Morgan fingerprint density at radius 2 is 2.24 bits per heavy atom. The van der Waals surface area contributed by atoms with E-state index in [4.69, 9.17) is 5.73 Å². The van der Waals surface area contributed by atoms with Gasteiger partial charge < -0.3 is 10.3 Å². The maximum Gasteiger partial charge on any atom is 0.260 e. The third-order valence-corrected chi connectivity index (χ3v) is 4.52. The normalized spacial score (nSPS) is 11.9. The number of hydrogen-bond donors (Lipinski definition) is 2. The Bertz CT molecular complexity index is 436. The molecule has 0 aliphatic rings. The standard InChI is InChI=1S/C9H18N4O2S2/c1-13-7-11-8(10)9(13)17(14,15)12-5-3-4-6-16-2/h7,12H,3-6,10H2,1-2H3. The van der Waals surface area contributed by atoms with Gasteiger partial charge in [0, 0.05) is 13.6 Å². The summed E-state index contributed by atoms with van der Waals surface area (Å²) in [6.07, 6.45) is 5.22. The fourth-order valence-corrected chi connectivity index (χ4v) is 3.21. The molecule has 17 heavy (non-hydrogen) atoms. The molecule has 0 spiro atoms. The molecule has 0 aliphatic carbocycles. The van der Waals surface area contributed by atoms with Gasteiger partial charge in [0.05, 0.1) is 6.33 Å². The second-order valence-electron chi connectivity index (χ2n) is 3.64. The van der Waals surface area contributed by atoms with Crippen molar-refractivity contribution in [3.05, 3.63) is 6.33 Å². The lowest BCUT2D eigenvalue weighted by molar-refractivity contribution is 0.569. The molecule has 0 saturated carbocycles. The van der Waals surface area contributed by atoms with E-state index in [0.717, 1.165) is 18.6 Å². The van der Waals surface area contributed by atoms with Crippen LogP contribution in [0.1, 0.15) is 12.8 Å². The van der Waals surface area contributed by atoms with Crippen molar-refractivity contribution in [1.29, 1.82) is 0 Å². The van der Waals surface area contributed by atoms with Gasteiger partial charge in [-0.3, -0.25) is 0 Å². The summed E-state index contributed by atoms with van der Waals surface area (Å²) < 4.78 is 27.7. The molecule has 1 aromatic rings. The fraction of sp³-hybridized carbons (Fsp3) is 0.667. The van der Waals surface area contributed by atoms with Gasteiger partial charge in [-0.2, -0.15) is 11.8 Å². The van der Waals surface area contributed by atoms with Crippen LogP contribution in [-0.2, 0) is 17.1 Å². The van der Waals surface area contributed by atoms with Gasteiger partial charge in [0.2, 0.25) is 0 Å². The third-order valence-electron chi connectivity index (χ3n) is 2.23. The Morgan fingerprint density at radius 1 is 1.53 bits per heavy atom. The van der Waals surface area contributed by atoms with Crippen LogP contribution in [0.5, 0.6) is 0 Å². The summed E-state index contributed by atoms with van der Waals surface area (Å²) in [5, 5.41) is 0.0300. The van der Waals surface area contributed by atoms with Gasteiger partial charge in [-0.15, -0.1) is 0 Å². The van der Waals surface area contributed by atoms with Crippen molar-refractivity contribution in [2.75, 3.05) is 24.3 Å². The van der Waals surface area contributed by atoms with Crippen LogP contribution in [0.4, 0.5) is 5.82 Å². The van der Waals surface area contributed by atoms with Crippen LogP contribution in [0.15, 0.2) is 11.4 Å². The topological polar surface area (TPSA) is 90.0 Å². The number of unbranched alkanes of at least 4 members (excludes halogenated alkanes) is 1. The molecule has 0 unspecified atom stereocenters. The largest absolute Gasteiger partial charge is 0.381 e. The molecular weight excluding hydrogens is 260 g/mol. The molecule has 8 heteroatoms. The van der Waals surface area contributed by atoms with Gasteiger partial charge >= 0.3 is 0 Å². The van der Waals surface area contributed by atoms with E-state index >= 15 is 0 Å². The first-order chi connectivity index (χ1) is 7.99. The zero-order chi connectivity index (χ0) is 12.9. The average molecular weight is 278 g/mol. The molecule has 1 rings (SSSR count). The lowest BCUT2D eigenvalue weighted by atomic mass is 10.3. The minimum atomic E-state index is -3.55. The summed E-state index contributed by atoms with van der Waals surface area (Å²) in [6, 6.07) is 0. The number of nitrogen functional groups attached to an aromatic ring is 1. The quantitative estimate of drug-likeness (QED) is 0.706. The van der Waals surface area contributed by atoms with Crippen molar-refractivity contribution in [3.63, 3.8) is 0 Å². The number of rotatable bonds is 7. The Morgan fingerprint density at radius 3 is 2.76 bits per heavy atom. The number of nitrogens with two attached hydrogens (primary N) is 1. The molecule has 6 nitrogen and oxygen atoms in total. The van der Waals surface area contributed by atoms with Crippen molar-refractivity contribution in [1.82, 2.24) is 14.3 Å². The number of nitrogens with one attached hydrogen (secondary N) is 1. The highest BCUT2D eigenvalue weighted by molar-refractivity contribution is 7.98. The smallest absolute Gasteiger partial charge is 0.260 e. The Hall–Kier alpha value is -0.730. The zero-order valence-corrected chi connectivity index (χ0v) is 11.6. The predicted molar refractivity (Wildman–Crippen MR) is 70.4 cm³/mol. The number of nitrogens with zero attached hydrogens (tertiary/aromatic N) is 2. The minimum absolute atomic E-state index is 0.0300. The van der Waals surface area contributed by atoms with E-state index in [0.29, 0.717) is 6.54 Å². The van der Waals surface area contributed by atoms with E-state index in [1.807, 2.05) is 6.26 Å². The molecule has 0 amide bonds. The molecule has 3 N–H and O–H groups in total. The van der Waals surface area contributed by atoms with Crippen LogP contribution in [0.25, 0.3) is 0 Å². The summed E-state index contributed by atoms with van der Waals surface area (Å²) in [7, 11) is -1.94. The van der Waals surface area contributed by atoms with E-state index < -0.39 is 10.0 Å². The minimum Gasteiger partial charge on any atom is -0.381 e. The van der Waals surface area contributed by atoms with Crippen LogP contribution in [0.2, 0.25) is 0 Å². The highest BCUT2D eigenvalue weighted by Gasteiger charge is 2.21. The van der Waals surface area contributed by atoms with E-state index in [9.17, 15) is 8.42 Å². The van der Waals surface area contributed by atoms with E-state index in [-0.39, 0.29) is 10.8 Å². The number of thioether (sulfide) groups is 1. The van der Waals surface area contributed by atoms with Crippen LogP contribution >= 0.6 is 11.8 Å². The first-order valence-electron chi connectivity index (χ1n) is 5.24. The van der Waals surface area contributed by atoms with E-state index in [2.05, 4.69) is 9.71 Å². The van der Waals surface area contributed by atoms with Gasteiger partial charge in [0.1, 0.15) is 0 Å². The Kier molecular flexibility index (Phi) is 5.29. The second-order valence-corrected chi connectivity index (χ2v) is 6.31. The number of sulfonamides is 1. The van der Waals surface area contributed by atoms with Gasteiger partial charge in [-0.25, -0.2) is 18.1 Å². The number of anilines is 1. The van der Waals surface area contributed by atoms with Crippen LogP contribution in [-0.4, -0.2) is 36.5 Å². The summed E-state index contributed by atoms with van der Waals surface area (Å²) >= 11 is 1.75. The first kappa shape index (κ1) is 14.3. The van der Waals surface area contributed by atoms with E-state index in [1.54, 1.807) is 18.8 Å². The van der Waals surface area contributed by atoms with Crippen LogP contribution < -0.4 is 10.5 Å². The van der Waals surface area contributed by atoms with Crippen molar-refractivity contribution in [3.8, 4) is 0 Å². The Balaban J connectivity index is 2.58. The van der Waals surface area contributed by atoms with Gasteiger partial charge in [-0.1, -0.05) is 0 Å². The highest BCUT2D eigenvalue weighted by Crippen LogP contribution is 2.14. The molecule has 0 fully saturated rings. The van der Waals surface area contributed by atoms with Crippen molar-refractivity contribution in [2.24, 2.45) is 7.05 Å². The number of aromatic nitrogens is 2. The first-order valence-corrected chi connectivity index (χ1v) is 8.12. The fourth-order valence-electron chi connectivity index (χ4n) is 1.41. The lowest BCUT2D eigenvalue weighted by Crippen LogP contribution is -2.27. The molecular formula is C9H18N4O2S2. The molecule has 0 saturated heterocycles. The maximum atomic E-state index is 11.9. The summed E-state index contributed by atoms with van der Waals surface area (Å²) in [5.41, 5.74) is 5.52. The molecule has 0 radical (unpaired) electrons. The monoisotopic (exact) mass is 278 g/mol. The zero-order valence-electron chi connectivity index (χ0n) is 10.0. The van der Waals surface area contributed by atoms with Crippen molar-refractivity contribution in [2.45, 2.75) is 17.9 Å². The van der Waals surface area contributed by atoms with E-state index in [1.165, 1.54) is 10.9 Å². The summed E-state index contributed by atoms with van der Waals surface area (Å²) in [5.74, 6) is 1.07.